The summed E-state index contributed by atoms with van der Waals surface area (Å²) >= 11 is 0. The summed E-state index contributed by atoms with van der Waals surface area (Å²) in [6.45, 7) is 1.83. The molecule has 0 bridgehead atoms. The van der Waals surface area contributed by atoms with Crippen LogP contribution in [0.5, 0.6) is 0 Å². The van der Waals surface area contributed by atoms with Crippen molar-refractivity contribution in [1.29, 1.82) is 0 Å². The van der Waals surface area contributed by atoms with Crippen LogP contribution in [0.25, 0.3) is 0 Å². The van der Waals surface area contributed by atoms with Gasteiger partial charge in [0.2, 0.25) is 0 Å². The zero-order chi connectivity index (χ0) is 9.90. The zero-order valence-corrected chi connectivity index (χ0v) is 8.89. The van der Waals surface area contributed by atoms with Gasteiger partial charge in [-0.25, -0.2) is 0 Å². The third kappa shape index (κ3) is 2.95. The Hall–Kier alpha value is -0.0900. The zero-order valence-electron chi connectivity index (χ0n) is 8.07. The average molecular weight is 206 g/mol. The highest BCUT2D eigenvalue weighted by Gasteiger charge is 2.31. The first-order valence-electron chi connectivity index (χ1n) is 5.02. The number of hydrogen-bond donors (Lipinski definition) is 1. The highest BCUT2D eigenvalue weighted by molar-refractivity contribution is 7.86. The van der Waals surface area contributed by atoms with E-state index >= 15 is 0 Å². The van der Waals surface area contributed by atoms with Crippen LogP contribution in [0.15, 0.2) is 0 Å². The summed E-state index contributed by atoms with van der Waals surface area (Å²) in [6, 6.07) is 0. The van der Waals surface area contributed by atoms with Gasteiger partial charge < -0.3 is 0 Å². The number of hydrogen-bond acceptors (Lipinski definition) is 2. The van der Waals surface area contributed by atoms with Crippen molar-refractivity contribution in [3.63, 3.8) is 0 Å². The fraction of sp³-hybridized carbons (Fsp3) is 1.00. The molecule has 1 fully saturated rings. The van der Waals surface area contributed by atoms with Crippen LogP contribution in [-0.2, 0) is 10.1 Å². The molecule has 1 aliphatic rings. The van der Waals surface area contributed by atoms with Crippen molar-refractivity contribution in [3.8, 4) is 0 Å². The molecule has 78 valence electrons. The molecule has 1 atom stereocenters. The Morgan fingerprint density at radius 2 is 1.85 bits per heavy atom. The van der Waals surface area contributed by atoms with Gasteiger partial charge in [-0.3, -0.25) is 4.55 Å². The highest BCUT2D eigenvalue weighted by Crippen LogP contribution is 2.30. The van der Waals surface area contributed by atoms with Crippen LogP contribution in [0.1, 0.15) is 45.4 Å². The molecule has 1 aliphatic carbocycles. The SMILES string of the molecule is CCC(C1CCCCC1)S(=O)(=O)O. The van der Waals surface area contributed by atoms with Gasteiger partial charge in [0.1, 0.15) is 0 Å². The minimum absolute atomic E-state index is 0.189. The summed E-state index contributed by atoms with van der Waals surface area (Å²) in [5, 5.41) is -0.521. The van der Waals surface area contributed by atoms with E-state index in [9.17, 15) is 8.42 Å². The van der Waals surface area contributed by atoms with Crippen molar-refractivity contribution in [2.45, 2.75) is 50.7 Å². The third-order valence-electron chi connectivity index (χ3n) is 2.96. The van der Waals surface area contributed by atoms with Gasteiger partial charge in [0.25, 0.3) is 10.1 Å². The van der Waals surface area contributed by atoms with Crippen LogP contribution in [0.2, 0.25) is 0 Å². The lowest BCUT2D eigenvalue weighted by molar-refractivity contribution is 0.322. The Morgan fingerprint density at radius 3 is 2.23 bits per heavy atom. The molecule has 0 amide bonds. The molecule has 0 spiro atoms. The fourth-order valence-electron chi connectivity index (χ4n) is 2.29. The lowest BCUT2D eigenvalue weighted by Crippen LogP contribution is -2.30. The quantitative estimate of drug-likeness (QED) is 0.720. The minimum atomic E-state index is -3.81. The largest absolute Gasteiger partial charge is 0.285 e. The third-order valence-corrected chi connectivity index (χ3v) is 4.44. The van der Waals surface area contributed by atoms with Crippen molar-refractivity contribution in [2.24, 2.45) is 5.92 Å². The molecule has 1 saturated carbocycles. The van der Waals surface area contributed by atoms with Gasteiger partial charge in [-0.15, -0.1) is 0 Å². The Balaban J connectivity index is 2.65. The first kappa shape index (κ1) is 11.0. The second-order valence-corrected chi connectivity index (χ2v) is 5.50. The van der Waals surface area contributed by atoms with Crippen molar-refractivity contribution in [3.05, 3.63) is 0 Å². The molecular formula is C9H18O3S. The number of rotatable bonds is 3. The normalized spacial score (nSPS) is 22.9. The van der Waals surface area contributed by atoms with Gasteiger partial charge in [-0.2, -0.15) is 8.42 Å². The predicted molar refractivity (Wildman–Crippen MR) is 52.2 cm³/mol. The average Bonchev–Trinajstić information content (AvgIpc) is 2.05. The van der Waals surface area contributed by atoms with E-state index in [4.69, 9.17) is 4.55 Å². The summed E-state index contributed by atoms with van der Waals surface area (Å²) in [4.78, 5) is 0. The molecule has 3 nitrogen and oxygen atoms in total. The summed E-state index contributed by atoms with van der Waals surface area (Å²) in [6.07, 6.45) is 5.87. The van der Waals surface area contributed by atoms with E-state index in [0.717, 1.165) is 25.7 Å². The van der Waals surface area contributed by atoms with E-state index in [0.29, 0.717) is 6.42 Å². The highest BCUT2D eigenvalue weighted by atomic mass is 32.2. The van der Waals surface area contributed by atoms with Crippen LogP contribution in [0.3, 0.4) is 0 Å². The molecule has 13 heavy (non-hydrogen) atoms. The van der Waals surface area contributed by atoms with E-state index in [-0.39, 0.29) is 5.92 Å². The molecular weight excluding hydrogens is 188 g/mol. The van der Waals surface area contributed by atoms with Crippen molar-refractivity contribution in [1.82, 2.24) is 0 Å². The topological polar surface area (TPSA) is 54.4 Å². The van der Waals surface area contributed by atoms with Crippen LogP contribution in [-0.4, -0.2) is 18.2 Å². The molecule has 1 unspecified atom stereocenters. The minimum Gasteiger partial charge on any atom is -0.285 e. The van der Waals surface area contributed by atoms with E-state index in [1.807, 2.05) is 6.92 Å². The van der Waals surface area contributed by atoms with Gasteiger partial charge >= 0.3 is 0 Å². The lowest BCUT2D eigenvalue weighted by atomic mass is 9.86. The molecule has 0 radical (unpaired) electrons. The fourth-order valence-corrected chi connectivity index (χ4v) is 3.47. The summed E-state index contributed by atoms with van der Waals surface area (Å²) in [5.74, 6) is 0.189. The molecule has 0 aliphatic heterocycles. The summed E-state index contributed by atoms with van der Waals surface area (Å²) in [7, 11) is -3.81. The Kier molecular flexibility index (Phi) is 3.74. The molecule has 1 N–H and O–H groups in total. The summed E-state index contributed by atoms with van der Waals surface area (Å²) < 4.78 is 31.0. The maximum Gasteiger partial charge on any atom is 0.268 e. The molecule has 0 saturated heterocycles. The van der Waals surface area contributed by atoms with Crippen molar-refractivity contribution >= 4 is 10.1 Å². The van der Waals surface area contributed by atoms with Crippen molar-refractivity contribution in [2.75, 3.05) is 0 Å². The van der Waals surface area contributed by atoms with Crippen LogP contribution < -0.4 is 0 Å². The van der Waals surface area contributed by atoms with Crippen LogP contribution in [0.4, 0.5) is 0 Å². The first-order chi connectivity index (χ1) is 6.05. The van der Waals surface area contributed by atoms with Gasteiger partial charge in [0.05, 0.1) is 5.25 Å². The molecule has 1 rings (SSSR count). The Labute approximate surface area is 80.3 Å². The molecule has 0 aromatic carbocycles. The standard InChI is InChI=1S/C9H18O3S/c1-2-9(13(10,11)12)8-6-4-3-5-7-8/h8-9H,2-7H2,1H3,(H,10,11,12). The van der Waals surface area contributed by atoms with E-state index in [1.54, 1.807) is 0 Å². The van der Waals surface area contributed by atoms with Gasteiger partial charge in [-0.1, -0.05) is 26.2 Å². The first-order valence-corrected chi connectivity index (χ1v) is 6.52. The maximum atomic E-state index is 11.0. The second kappa shape index (κ2) is 4.42. The van der Waals surface area contributed by atoms with Gasteiger partial charge in [-0.05, 0) is 25.2 Å². The monoisotopic (exact) mass is 206 g/mol. The van der Waals surface area contributed by atoms with E-state index in [2.05, 4.69) is 0 Å². The van der Waals surface area contributed by atoms with Gasteiger partial charge in [0.15, 0.2) is 0 Å². The molecule has 0 heterocycles. The van der Waals surface area contributed by atoms with E-state index in [1.165, 1.54) is 6.42 Å². The van der Waals surface area contributed by atoms with Gasteiger partial charge in [0, 0.05) is 0 Å². The lowest BCUT2D eigenvalue weighted by Gasteiger charge is -2.27. The van der Waals surface area contributed by atoms with Crippen LogP contribution in [0, 0.1) is 5.92 Å². The molecule has 0 aromatic rings. The second-order valence-electron chi connectivity index (χ2n) is 3.86. The predicted octanol–water partition coefficient (Wildman–Crippen LogP) is 2.23. The molecule has 0 aromatic heterocycles. The smallest absolute Gasteiger partial charge is 0.268 e. The molecule has 4 heteroatoms. The summed E-state index contributed by atoms with van der Waals surface area (Å²) in [5.41, 5.74) is 0. The maximum absolute atomic E-state index is 11.0. The Morgan fingerprint density at radius 1 is 1.31 bits per heavy atom. The van der Waals surface area contributed by atoms with Crippen molar-refractivity contribution < 1.29 is 13.0 Å². The van der Waals surface area contributed by atoms with E-state index < -0.39 is 15.4 Å². The van der Waals surface area contributed by atoms with Crippen LogP contribution >= 0.6 is 0 Å². The Bertz CT molecular complexity index is 240.